The highest BCUT2D eigenvalue weighted by atomic mass is 16.5. The lowest BCUT2D eigenvalue weighted by molar-refractivity contribution is -0.126. The lowest BCUT2D eigenvalue weighted by atomic mass is 9.72. The molecule has 1 amide bonds. The number of benzene rings is 1. The van der Waals surface area contributed by atoms with E-state index in [1.165, 1.54) is 13.5 Å². The number of amides is 1. The minimum Gasteiger partial charge on any atom is -0.534 e. The van der Waals surface area contributed by atoms with Crippen LogP contribution in [0.5, 0.6) is 5.75 Å². The van der Waals surface area contributed by atoms with Gasteiger partial charge in [-0.2, -0.15) is 0 Å². The fraction of sp³-hybridized carbons (Fsp3) is 0.529. The molecule has 1 heterocycles. The SMILES string of the molecule is COC(=O)c1cccc2c1OB(O)[C@@H](NC(=O)C1CCCCC1)C2. The third kappa shape index (κ3) is 3.41. The van der Waals surface area contributed by atoms with Crippen molar-refractivity contribution in [2.24, 2.45) is 5.92 Å². The quantitative estimate of drug-likeness (QED) is 0.648. The lowest BCUT2D eigenvalue weighted by Gasteiger charge is -2.30. The second-order valence-corrected chi connectivity index (χ2v) is 6.45. The Morgan fingerprint density at radius 2 is 2.04 bits per heavy atom. The maximum absolute atomic E-state index is 12.4. The van der Waals surface area contributed by atoms with Gasteiger partial charge in [0.15, 0.2) is 0 Å². The van der Waals surface area contributed by atoms with Gasteiger partial charge < -0.3 is 19.7 Å². The van der Waals surface area contributed by atoms with Crippen LogP contribution in [-0.4, -0.2) is 37.1 Å². The number of esters is 1. The van der Waals surface area contributed by atoms with Gasteiger partial charge in [0.1, 0.15) is 11.3 Å². The maximum Gasteiger partial charge on any atom is 0.547 e. The van der Waals surface area contributed by atoms with E-state index in [2.05, 4.69) is 5.32 Å². The standard InChI is InChI=1S/C17H22BNO5/c1-23-17(21)13-9-5-8-12-10-14(18(22)24-15(12)13)19-16(20)11-6-3-2-4-7-11/h5,8-9,11,14,22H,2-4,6-7,10H2,1H3,(H,19,20)/t14-/m0/s1. The molecule has 1 aliphatic carbocycles. The number of fused-ring (bicyclic) bond motifs is 1. The third-order valence-corrected chi connectivity index (χ3v) is 4.83. The molecule has 1 saturated carbocycles. The van der Waals surface area contributed by atoms with Gasteiger partial charge in [-0.1, -0.05) is 31.4 Å². The van der Waals surface area contributed by atoms with E-state index in [9.17, 15) is 14.6 Å². The van der Waals surface area contributed by atoms with Crippen LogP contribution in [0.15, 0.2) is 18.2 Å². The Labute approximate surface area is 141 Å². The minimum absolute atomic E-state index is 0.0186. The van der Waals surface area contributed by atoms with Gasteiger partial charge in [0, 0.05) is 5.92 Å². The topological polar surface area (TPSA) is 84.9 Å². The molecule has 7 heteroatoms. The second kappa shape index (κ2) is 7.26. The molecule has 128 valence electrons. The Kier molecular flexibility index (Phi) is 5.09. The Morgan fingerprint density at radius 3 is 2.75 bits per heavy atom. The van der Waals surface area contributed by atoms with Gasteiger partial charge in [-0.15, -0.1) is 0 Å². The van der Waals surface area contributed by atoms with E-state index in [-0.39, 0.29) is 17.4 Å². The van der Waals surface area contributed by atoms with Gasteiger partial charge in [-0.3, -0.25) is 4.79 Å². The molecule has 0 radical (unpaired) electrons. The summed E-state index contributed by atoms with van der Waals surface area (Å²) in [7, 11) is 0.115. The number of rotatable bonds is 3. The molecule has 1 aromatic rings. The summed E-state index contributed by atoms with van der Waals surface area (Å²) < 4.78 is 10.3. The van der Waals surface area contributed by atoms with Crippen LogP contribution in [0.2, 0.25) is 0 Å². The molecular weight excluding hydrogens is 309 g/mol. The van der Waals surface area contributed by atoms with Gasteiger partial charge in [-0.25, -0.2) is 4.79 Å². The number of hydrogen-bond acceptors (Lipinski definition) is 5. The molecule has 2 aliphatic rings. The predicted molar refractivity (Wildman–Crippen MR) is 88.6 cm³/mol. The van der Waals surface area contributed by atoms with Crippen LogP contribution in [0.25, 0.3) is 0 Å². The largest absolute Gasteiger partial charge is 0.547 e. The van der Waals surface area contributed by atoms with Crippen molar-refractivity contribution in [3.63, 3.8) is 0 Å². The molecule has 1 fully saturated rings. The van der Waals surface area contributed by atoms with Crippen molar-refractivity contribution in [3.8, 4) is 5.75 Å². The molecule has 0 bridgehead atoms. The molecule has 0 spiro atoms. The summed E-state index contributed by atoms with van der Waals surface area (Å²) in [5, 5.41) is 13.2. The average Bonchev–Trinajstić information content (AvgIpc) is 2.62. The molecule has 0 aromatic heterocycles. The first-order valence-corrected chi connectivity index (χ1v) is 8.45. The molecule has 1 atom stereocenters. The first kappa shape index (κ1) is 16.8. The molecule has 0 unspecified atom stereocenters. The molecule has 2 N–H and O–H groups in total. The van der Waals surface area contributed by atoms with E-state index in [1.54, 1.807) is 12.1 Å². The first-order chi connectivity index (χ1) is 11.6. The van der Waals surface area contributed by atoms with Crippen molar-refractivity contribution in [1.82, 2.24) is 5.32 Å². The summed E-state index contributed by atoms with van der Waals surface area (Å²) in [6.45, 7) is 0. The molecule has 0 saturated heterocycles. The van der Waals surface area contributed by atoms with Crippen molar-refractivity contribution < 1.29 is 24.0 Å². The monoisotopic (exact) mass is 331 g/mol. The Balaban J connectivity index is 1.73. The zero-order valence-electron chi connectivity index (χ0n) is 13.8. The summed E-state index contributed by atoms with van der Waals surface area (Å²) in [6, 6.07) is 5.16. The van der Waals surface area contributed by atoms with Crippen molar-refractivity contribution in [2.45, 2.75) is 44.5 Å². The van der Waals surface area contributed by atoms with Crippen molar-refractivity contribution in [1.29, 1.82) is 0 Å². The zero-order chi connectivity index (χ0) is 17.1. The van der Waals surface area contributed by atoms with Crippen LogP contribution in [-0.2, 0) is 16.0 Å². The van der Waals surface area contributed by atoms with E-state index in [4.69, 9.17) is 9.39 Å². The Bertz CT molecular complexity index is 629. The van der Waals surface area contributed by atoms with Gasteiger partial charge in [0.05, 0.1) is 13.1 Å². The fourth-order valence-electron chi connectivity index (χ4n) is 3.48. The number of ether oxygens (including phenoxy) is 1. The molecule has 1 aromatic carbocycles. The number of carbonyl (C=O) groups excluding carboxylic acids is 2. The highest BCUT2D eigenvalue weighted by Gasteiger charge is 2.38. The van der Waals surface area contributed by atoms with Crippen LogP contribution < -0.4 is 9.97 Å². The van der Waals surface area contributed by atoms with Crippen LogP contribution in [0.4, 0.5) is 0 Å². The number of methoxy groups -OCH3 is 1. The third-order valence-electron chi connectivity index (χ3n) is 4.83. The summed E-state index contributed by atoms with van der Waals surface area (Å²) in [5.41, 5.74) is 1.06. The molecular formula is C17H22BNO5. The highest BCUT2D eigenvalue weighted by Crippen LogP contribution is 2.31. The first-order valence-electron chi connectivity index (χ1n) is 8.45. The van der Waals surface area contributed by atoms with E-state index >= 15 is 0 Å². The Hall–Kier alpha value is -2.02. The molecule has 1 aliphatic heterocycles. The number of para-hydroxylation sites is 1. The summed E-state index contributed by atoms with van der Waals surface area (Å²) in [6.07, 6.45) is 5.56. The van der Waals surface area contributed by atoms with Gasteiger partial charge >= 0.3 is 13.1 Å². The second-order valence-electron chi connectivity index (χ2n) is 6.45. The normalized spacial score (nSPS) is 20.8. The number of nitrogens with one attached hydrogen (secondary N) is 1. The molecule has 24 heavy (non-hydrogen) atoms. The highest BCUT2D eigenvalue weighted by molar-refractivity contribution is 6.47. The van der Waals surface area contributed by atoms with Gasteiger partial charge in [-0.05, 0) is 30.9 Å². The Morgan fingerprint density at radius 1 is 1.29 bits per heavy atom. The van der Waals surface area contributed by atoms with E-state index in [0.29, 0.717) is 12.2 Å². The van der Waals surface area contributed by atoms with Crippen molar-refractivity contribution in [2.75, 3.05) is 7.11 Å². The summed E-state index contributed by atoms with van der Waals surface area (Å²) in [4.78, 5) is 24.2. The van der Waals surface area contributed by atoms with Crippen LogP contribution in [0.1, 0.15) is 48.0 Å². The minimum atomic E-state index is -1.18. The van der Waals surface area contributed by atoms with E-state index in [1.807, 2.05) is 6.07 Å². The van der Waals surface area contributed by atoms with Crippen molar-refractivity contribution in [3.05, 3.63) is 29.3 Å². The predicted octanol–water partition coefficient (Wildman–Crippen LogP) is 1.49. The number of carbonyl (C=O) groups is 2. The van der Waals surface area contributed by atoms with Gasteiger partial charge in [0.25, 0.3) is 0 Å². The zero-order valence-corrected chi connectivity index (χ0v) is 13.8. The number of hydrogen-bond donors (Lipinski definition) is 2. The smallest absolute Gasteiger partial charge is 0.534 e. The fourth-order valence-corrected chi connectivity index (χ4v) is 3.48. The van der Waals surface area contributed by atoms with Crippen LogP contribution in [0.3, 0.4) is 0 Å². The van der Waals surface area contributed by atoms with Crippen LogP contribution >= 0.6 is 0 Å². The summed E-state index contributed by atoms with van der Waals surface area (Å²) >= 11 is 0. The lowest BCUT2D eigenvalue weighted by Crippen LogP contribution is -2.54. The van der Waals surface area contributed by atoms with Gasteiger partial charge in [0.2, 0.25) is 5.91 Å². The van der Waals surface area contributed by atoms with Crippen LogP contribution in [0, 0.1) is 5.92 Å². The molecule has 6 nitrogen and oxygen atoms in total. The average molecular weight is 331 g/mol. The van der Waals surface area contributed by atoms with Crippen molar-refractivity contribution >= 4 is 19.0 Å². The molecule has 3 rings (SSSR count). The van der Waals surface area contributed by atoms with E-state index < -0.39 is 19.0 Å². The maximum atomic E-state index is 12.4. The summed E-state index contributed by atoms with van der Waals surface area (Å²) in [5.74, 6) is -0.688. The van der Waals surface area contributed by atoms with E-state index in [0.717, 1.165) is 31.2 Å².